The van der Waals surface area contributed by atoms with Gasteiger partial charge in [-0.25, -0.2) is 4.98 Å². The summed E-state index contributed by atoms with van der Waals surface area (Å²) in [5.41, 5.74) is 7.70. The highest BCUT2D eigenvalue weighted by molar-refractivity contribution is 7.09. The van der Waals surface area contributed by atoms with Crippen molar-refractivity contribution >= 4 is 22.4 Å². The smallest absolute Gasteiger partial charge is 0.205 e. The molecule has 2 N–H and O–H groups in total. The van der Waals surface area contributed by atoms with Crippen LogP contribution in [-0.2, 0) is 6.54 Å². The molecule has 2 aromatic rings. The fraction of sp³-hybridized carbons (Fsp3) is 0.333. The van der Waals surface area contributed by atoms with E-state index in [1.165, 1.54) is 17.1 Å². The number of hydrogen-bond acceptors (Lipinski definition) is 5. The van der Waals surface area contributed by atoms with Crippen molar-refractivity contribution in [2.75, 3.05) is 10.6 Å². The zero-order valence-electron chi connectivity index (χ0n) is 10.00. The van der Waals surface area contributed by atoms with Gasteiger partial charge >= 0.3 is 0 Å². The Balaban J connectivity index is 2.16. The Bertz CT molecular complexity index is 450. The molecule has 90 valence electrons. The quantitative estimate of drug-likeness (QED) is 0.845. The number of benzene rings is 1. The monoisotopic (exact) mass is 248 g/mol. The minimum Gasteiger partial charge on any atom is -0.399 e. The van der Waals surface area contributed by atoms with Gasteiger partial charge in [-0.05, 0) is 31.5 Å². The summed E-state index contributed by atoms with van der Waals surface area (Å²) >= 11 is 1.42. The first-order valence-electron chi connectivity index (χ1n) is 5.54. The molecule has 1 aromatic carbocycles. The lowest BCUT2D eigenvalue weighted by Gasteiger charge is -2.25. The molecule has 0 aliphatic rings. The van der Waals surface area contributed by atoms with Gasteiger partial charge in [-0.2, -0.15) is 4.37 Å². The first-order valence-corrected chi connectivity index (χ1v) is 6.32. The van der Waals surface area contributed by atoms with Crippen LogP contribution in [0, 0.1) is 0 Å². The van der Waals surface area contributed by atoms with E-state index in [1.807, 2.05) is 24.3 Å². The molecule has 0 saturated carbocycles. The Morgan fingerprint density at radius 3 is 2.53 bits per heavy atom. The maximum absolute atomic E-state index is 5.68. The van der Waals surface area contributed by atoms with E-state index in [9.17, 15) is 0 Å². The average Bonchev–Trinajstić information content (AvgIpc) is 2.81. The molecule has 2 rings (SSSR count). The third-order valence-electron chi connectivity index (χ3n) is 2.55. The minimum absolute atomic E-state index is 0.389. The summed E-state index contributed by atoms with van der Waals surface area (Å²) in [5.74, 6) is 0. The zero-order chi connectivity index (χ0) is 12.3. The summed E-state index contributed by atoms with van der Waals surface area (Å²) in [6.45, 7) is 5.13. The Morgan fingerprint density at radius 1 is 1.29 bits per heavy atom. The second-order valence-corrected chi connectivity index (χ2v) is 4.95. The maximum atomic E-state index is 5.68. The Hall–Kier alpha value is -1.62. The van der Waals surface area contributed by atoms with Gasteiger partial charge in [0.25, 0.3) is 0 Å². The summed E-state index contributed by atoms with van der Waals surface area (Å²) in [7, 11) is 0. The van der Waals surface area contributed by atoms with E-state index in [1.54, 1.807) is 6.33 Å². The highest BCUT2D eigenvalue weighted by Gasteiger charge is 2.13. The highest BCUT2D eigenvalue weighted by atomic mass is 32.1. The van der Waals surface area contributed by atoms with Crippen LogP contribution in [0.1, 0.15) is 19.4 Å². The largest absolute Gasteiger partial charge is 0.399 e. The van der Waals surface area contributed by atoms with Crippen LogP contribution in [0.25, 0.3) is 0 Å². The summed E-state index contributed by atoms with van der Waals surface area (Å²) in [5, 5.41) is 0.955. The molecule has 1 aromatic heterocycles. The lowest BCUT2D eigenvalue weighted by molar-refractivity contribution is 0.680. The van der Waals surface area contributed by atoms with Crippen LogP contribution >= 0.6 is 11.5 Å². The van der Waals surface area contributed by atoms with Crippen LogP contribution in [0.3, 0.4) is 0 Å². The van der Waals surface area contributed by atoms with Crippen molar-refractivity contribution in [1.29, 1.82) is 0 Å². The van der Waals surface area contributed by atoms with E-state index in [0.29, 0.717) is 6.04 Å². The van der Waals surface area contributed by atoms with E-state index < -0.39 is 0 Å². The molecule has 17 heavy (non-hydrogen) atoms. The third-order valence-corrected chi connectivity index (χ3v) is 3.25. The molecule has 0 saturated heterocycles. The molecule has 0 bridgehead atoms. The Kier molecular flexibility index (Phi) is 3.58. The molecule has 5 heteroatoms. The van der Waals surface area contributed by atoms with Crippen molar-refractivity contribution in [2.24, 2.45) is 0 Å². The predicted octanol–water partition coefficient (Wildman–Crippen LogP) is 2.54. The van der Waals surface area contributed by atoms with Crippen molar-refractivity contribution in [1.82, 2.24) is 9.36 Å². The normalized spacial score (nSPS) is 10.8. The molecule has 0 radical (unpaired) electrons. The number of nitrogen functional groups attached to an aromatic ring is 1. The fourth-order valence-corrected chi connectivity index (χ4v) is 2.25. The summed E-state index contributed by atoms with van der Waals surface area (Å²) in [6, 6.07) is 8.33. The molecule has 4 nitrogen and oxygen atoms in total. The van der Waals surface area contributed by atoms with Gasteiger partial charge in [0.1, 0.15) is 6.33 Å². The molecule has 0 spiro atoms. The molecular weight excluding hydrogens is 232 g/mol. The molecule has 0 unspecified atom stereocenters. The zero-order valence-corrected chi connectivity index (χ0v) is 10.8. The predicted molar refractivity (Wildman–Crippen MR) is 72.1 cm³/mol. The van der Waals surface area contributed by atoms with Gasteiger partial charge in [0.2, 0.25) is 5.13 Å². The number of anilines is 2. The summed E-state index contributed by atoms with van der Waals surface area (Å²) in [4.78, 5) is 6.49. The minimum atomic E-state index is 0.389. The van der Waals surface area contributed by atoms with Crippen LogP contribution in [0.2, 0.25) is 0 Å². The molecule has 0 aliphatic heterocycles. The summed E-state index contributed by atoms with van der Waals surface area (Å²) < 4.78 is 4.05. The summed E-state index contributed by atoms with van der Waals surface area (Å²) in [6.07, 6.45) is 1.60. The van der Waals surface area contributed by atoms with Crippen LogP contribution in [0.4, 0.5) is 10.8 Å². The van der Waals surface area contributed by atoms with Crippen molar-refractivity contribution in [3.8, 4) is 0 Å². The van der Waals surface area contributed by atoms with E-state index in [2.05, 4.69) is 28.1 Å². The second-order valence-electron chi connectivity index (χ2n) is 4.19. The first-order chi connectivity index (χ1) is 8.16. The number of nitrogens with two attached hydrogens (primary N) is 1. The maximum Gasteiger partial charge on any atom is 0.205 e. The Labute approximate surface area is 105 Å². The Morgan fingerprint density at radius 2 is 2.00 bits per heavy atom. The van der Waals surface area contributed by atoms with E-state index >= 15 is 0 Å². The number of aromatic nitrogens is 2. The van der Waals surface area contributed by atoms with Gasteiger partial charge in [-0.15, -0.1) is 0 Å². The number of nitrogens with zero attached hydrogens (tertiary/aromatic N) is 3. The van der Waals surface area contributed by atoms with Crippen molar-refractivity contribution in [3.05, 3.63) is 36.2 Å². The van der Waals surface area contributed by atoms with Gasteiger partial charge in [-0.1, -0.05) is 12.1 Å². The van der Waals surface area contributed by atoms with Gasteiger partial charge in [0.15, 0.2) is 0 Å². The standard InChI is InChI=1S/C12H16N4S/c1-9(2)16(12-14-8-15-17-12)7-10-3-5-11(13)6-4-10/h3-6,8-9H,7,13H2,1-2H3. The first kappa shape index (κ1) is 11.9. The van der Waals surface area contributed by atoms with Crippen molar-refractivity contribution in [2.45, 2.75) is 26.4 Å². The fourth-order valence-electron chi connectivity index (χ4n) is 1.58. The average molecular weight is 248 g/mol. The number of rotatable bonds is 4. The van der Waals surface area contributed by atoms with E-state index in [-0.39, 0.29) is 0 Å². The molecular formula is C12H16N4S. The van der Waals surface area contributed by atoms with Crippen LogP contribution in [-0.4, -0.2) is 15.4 Å². The van der Waals surface area contributed by atoms with E-state index in [4.69, 9.17) is 5.73 Å². The molecule has 0 fully saturated rings. The van der Waals surface area contributed by atoms with Gasteiger partial charge in [0.05, 0.1) is 0 Å². The third kappa shape index (κ3) is 2.94. The van der Waals surface area contributed by atoms with Crippen LogP contribution in [0.15, 0.2) is 30.6 Å². The SMILES string of the molecule is CC(C)N(Cc1ccc(N)cc1)c1ncns1. The number of hydrogen-bond donors (Lipinski definition) is 1. The van der Waals surface area contributed by atoms with Gasteiger partial charge in [0, 0.05) is 29.8 Å². The van der Waals surface area contributed by atoms with Gasteiger partial charge < -0.3 is 10.6 Å². The van der Waals surface area contributed by atoms with Crippen LogP contribution < -0.4 is 10.6 Å². The molecule has 1 heterocycles. The highest BCUT2D eigenvalue weighted by Crippen LogP contribution is 2.20. The molecule has 0 aliphatic carbocycles. The molecule has 0 atom stereocenters. The second kappa shape index (κ2) is 5.14. The van der Waals surface area contributed by atoms with E-state index in [0.717, 1.165) is 17.4 Å². The topological polar surface area (TPSA) is 55.0 Å². The lowest BCUT2D eigenvalue weighted by atomic mass is 10.2. The van der Waals surface area contributed by atoms with Crippen LogP contribution in [0.5, 0.6) is 0 Å². The van der Waals surface area contributed by atoms with Gasteiger partial charge in [-0.3, -0.25) is 0 Å². The lowest BCUT2D eigenvalue weighted by Crippen LogP contribution is -2.29. The van der Waals surface area contributed by atoms with Crippen molar-refractivity contribution < 1.29 is 0 Å². The molecule has 0 amide bonds. The van der Waals surface area contributed by atoms with Crippen molar-refractivity contribution in [3.63, 3.8) is 0 Å².